The average molecular weight is 334 g/mol. The Morgan fingerprint density at radius 1 is 1.32 bits per heavy atom. The van der Waals surface area contributed by atoms with Crippen LogP contribution >= 0.6 is 24.2 Å². The molecule has 0 fully saturated rings. The van der Waals surface area contributed by atoms with Gasteiger partial charge in [-0.2, -0.15) is 0 Å². The lowest BCUT2D eigenvalue weighted by atomic mass is 10.0. The van der Waals surface area contributed by atoms with Crippen molar-refractivity contribution in [2.45, 2.75) is 30.8 Å². The van der Waals surface area contributed by atoms with Gasteiger partial charge in [-0.25, -0.2) is 0 Å². The Hall–Kier alpha value is -1.42. The molecule has 0 heterocycles. The maximum atomic E-state index is 9.85. The molecule has 2 rings (SSSR count). The number of aliphatic hydroxyl groups is 1. The Bertz CT molecular complexity index is 652. The number of hydrogen-bond donors (Lipinski definition) is 3. The Morgan fingerprint density at radius 3 is 2.68 bits per heavy atom. The van der Waals surface area contributed by atoms with Crippen LogP contribution in [-0.4, -0.2) is 11.1 Å². The van der Waals surface area contributed by atoms with Crippen molar-refractivity contribution >= 4 is 24.2 Å². The smallest absolute Gasteiger partial charge is 0.102 e. The Kier molecular flexibility index (Phi) is 5.95. The summed E-state index contributed by atoms with van der Waals surface area (Å²) in [5.41, 5.74) is 3.27. The molecule has 0 saturated heterocycles. The highest BCUT2D eigenvalue weighted by molar-refractivity contribution is 7.80. The zero-order valence-electron chi connectivity index (χ0n) is 12.5. The first-order chi connectivity index (χ1) is 10.5. The van der Waals surface area contributed by atoms with Gasteiger partial charge in [0, 0.05) is 16.5 Å². The Balaban J connectivity index is 2.08. The first kappa shape index (κ1) is 16.9. The van der Waals surface area contributed by atoms with Crippen molar-refractivity contribution in [3.05, 3.63) is 76.5 Å². The summed E-state index contributed by atoms with van der Waals surface area (Å²) in [6.07, 6.45) is 0.670. The zero-order valence-corrected chi connectivity index (χ0v) is 14.2. The third kappa shape index (κ3) is 4.54. The van der Waals surface area contributed by atoms with Gasteiger partial charge >= 0.3 is 0 Å². The van der Waals surface area contributed by atoms with E-state index in [0.717, 1.165) is 16.0 Å². The van der Waals surface area contributed by atoms with E-state index in [1.807, 2.05) is 30.3 Å². The van der Waals surface area contributed by atoms with Crippen LogP contribution in [0.5, 0.6) is 0 Å². The van der Waals surface area contributed by atoms with Gasteiger partial charge in [-0.1, -0.05) is 54.1 Å². The van der Waals surface area contributed by atoms with E-state index < -0.39 is 0 Å². The highest BCUT2D eigenvalue weighted by Crippen LogP contribution is 2.23. The zero-order chi connectivity index (χ0) is 16.1. The number of nitrogens with one attached hydrogen (secondary N) is 1. The minimum atomic E-state index is -0.231. The Morgan fingerprint density at radius 2 is 2.05 bits per heavy atom. The third-order valence-electron chi connectivity index (χ3n) is 3.54. The second-order valence-corrected chi connectivity index (χ2v) is 6.24. The topological polar surface area (TPSA) is 32.3 Å². The van der Waals surface area contributed by atoms with Crippen LogP contribution in [0.1, 0.15) is 16.7 Å². The van der Waals surface area contributed by atoms with E-state index in [2.05, 4.69) is 43.6 Å². The normalized spacial score (nSPS) is 12.1. The molecule has 4 heteroatoms. The largest absolute Gasteiger partial charge is 0.511 e. The molecular weight excluding hydrogens is 314 g/mol. The van der Waals surface area contributed by atoms with Gasteiger partial charge in [0.15, 0.2) is 0 Å². The lowest BCUT2D eigenvalue weighted by Gasteiger charge is -2.19. The summed E-state index contributed by atoms with van der Waals surface area (Å²) in [6, 6.07) is 13.6. The first-order valence-electron chi connectivity index (χ1n) is 7.10. The summed E-state index contributed by atoms with van der Waals surface area (Å²) in [5, 5.41) is 13.8. The third-order valence-corrected chi connectivity index (χ3v) is 4.32. The highest BCUT2D eigenvalue weighted by Gasteiger charge is 2.14. The van der Waals surface area contributed by atoms with Crippen LogP contribution < -0.4 is 5.32 Å². The molecule has 1 unspecified atom stereocenters. The molecule has 0 aromatic heterocycles. The standard InChI is InChI=1S/C18H20ClNOS/c1-12-5-3-6-14(9-12)10-17(13(2)21)20-11-15-16(19)7-4-8-18(15)22/h3-9,17,20-22H,2,10-11H2,1H3. The van der Waals surface area contributed by atoms with E-state index >= 15 is 0 Å². The first-order valence-corrected chi connectivity index (χ1v) is 7.93. The molecule has 0 bridgehead atoms. The maximum absolute atomic E-state index is 9.85. The monoisotopic (exact) mass is 333 g/mol. The summed E-state index contributed by atoms with van der Waals surface area (Å²) in [4.78, 5) is 0.831. The molecule has 0 amide bonds. The molecule has 0 aliphatic carbocycles. The van der Waals surface area contributed by atoms with Crippen LogP contribution in [0.15, 0.2) is 59.7 Å². The van der Waals surface area contributed by atoms with E-state index in [0.29, 0.717) is 18.0 Å². The van der Waals surface area contributed by atoms with Crippen LogP contribution in [0.4, 0.5) is 0 Å². The van der Waals surface area contributed by atoms with Crippen LogP contribution in [-0.2, 0) is 13.0 Å². The summed E-state index contributed by atoms with van der Waals surface area (Å²) in [6.45, 7) is 6.25. The fourth-order valence-corrected chi connectivity index (χ4v) is 2.92. The number of benzene rings is 2. The van der Waals surface area contributed by atoms with Gasteiger partial charge in [0.25, 0.3) is 0 Å². The summed E-state index contributed by atoms with van der Waals surface area (Å²) < 4.78 is 0. The SMILES string of the molecule is C=C(O)C(Cc1cccc(C)c1)NCc1c(S)cccc1Cl. The van der Waals surface area contributed by atoms with Gasteiger partial charge in [-0.15, -0.1) is 12.6 Å². The predicted molar refractivity (Wildman–Crippen MR) is 96.0 cm³/mol. The molecule has 2 aromatic carbocycles. The number of halogens is 1. The number of hydrogen-bond acceptors (Lipinski definition) is 3. The van der Waals surface area contributed by atoms with Crippen LogP contribution in [0, 0.1) is 6.92 Å². The van der Waals surface area contributed by atoms with Crippen molar-refractivity contribution in [2.24, 2.45) is 0 Å². The molecule has 0 radical (unpaired) electrons. The van der Waals surface area contributed by atoms with E-state index in [1.54, 1.807) is 0 Å². The number of rotatable bonds is 6. The second-order valence-electron chi connectivity index (χ2n) is 5.36. The minimum Gasteiger partial charge on any atom is -0.511 e. The summed E-state index contributed by atoms with van der Waals surface area (Å²) in [5.74, 6) is 0.120. The maximum Gasteiger partial charge on any atom is 0.102 e. The van der Waals surface area contributed by atoms with Gasteiger partial charge in [0.2, 0.25) is 0 Å². The van der Waals surface area contributed by atoms with Crippen molar-refractivity contribution in [2.75, 3.05) is 0 Å². The molecule has 116 valence electrons. The minimum absolute atomic E-state index is 0.120. The van der Waals surface area contributed by atoms with Crippen LogP contribution in [0.25, 0.3) is 0 Å². The number of thiol groups is 1. The molecular formula is C18H20ClNOS. The second kappa shape index (κ2) is 7.73. The molecule has 0 aliphatic heterocycles. The molecule has 22 heavy (non-hydrogen) atoms. The Labute approximate surface area is 142 Å². The number of aliphatic hydroxyl groups excluding tert-OH is 1. The highest BCUT2D eigenvalue weighted by atomic mass is 35.5. The lowest BCUT2D eigenvalue weighted by Crippen LogP contribution is -2.32. The van der Waals surface area contributed by atoms with Gasteiger partial charge in [-0.3, -0.25) is 0 Å². The molecule has 1 atom stereocenters. The van der Waals surface area contributed by atoms with E-state index in [-0.39, 0.29) is 11.8 Å². The molecule has 0 saturated carbocycles. The van der Waals surface area contributed by atoms with Crippen molar-refractivity contribution < 1.29 is 5.11 Å². The van der Waals surface area contributed by atoms with Gasteiger partial charge in [-0.05, 0) is 36.6 Å². The van der Waals surface area contributed by atoms with Gasteiger partial charge in [0.05, 0.1) is 6.04 Å². The van der Waals surface area contributed by atoms with Crippen LogP contribution in [0.3, 0.4) is 0 Å². The van der Waals surface area contributed by atoms with Gasteiger partial charge < -0.3 is 10.4 Å². The van der Waals surface area contributed by atoms with E-state index in [4.69, 9.17) is 11.6 Å². The van der Waals surface area contributed by atoms with Crippen molar-refractivity contribution in [1.29, 1.82) is 0 Å². The number of aryl methyl sites for hydroxylation is 1. The quantitative estimate of drug-likeness (QED) is 0.528. The molecule has 2 aromatic rings. The molecule has 0 aliphatic rings. The molecule has 2 N–H and O–H groups in total. The van der Waals surface area contributed by atoms with Crippen molar-refractivity contribution in [3.8, 4) is 0 Å². The average Bonchev–Trinajstić information content (AvgIpc) is 2.45. The van der Waals surface area contributed by atoms with E-state index in [9.17, 15) is 5.11 Å². The van der Waals surface area contributed by atoms with E-state index in [1.165, 1.54) is 5.56 Å². The lowest BCUT2D eigenvalue weighted by molar-refractivity contribution is 0.339. The van der Waals surface area contributed by atoms with Crippen LogP contribution in [0.2, 0.25) is 5.02 Å². The summed E-state index contributed by atoms with van der Waals surface area (Å²) >= 11 is 10.6. The van der Waals surface area contributed by atoms with Crippen molar-refractivity contribution in [3.63, 3.8) is 0 Å². The summed E-state index contributed by atoms with van der Waals surface area (Å²) in [7, 11) is 0. The molecule has 0 spiro atoms. The fraction of sp³-hybridized carbons (Fsp3) is 0.222. The van der Waals surface area contributed by atoms with Gasteiger partial charge in [0.1, 0.15) is 5.76 Å². The van der Waals surface area contributed by atoms with Crippen molar-refractivity contribution in [1.82, 2.24) is 5.32 Å². The predicted octanol–water partition coefficient (Wildman–Crippen LogP) is 4.71. The fourth-order valence-electron chi connectivity index (χ4n) is 2.33. The molecule has 2 nitrogen and oxygen atoms in total.